The van der Waals surface area contributed by atoms with Gasteiger partial charge in [0.1, 0.15) is 21.4 Å². The van der Waals surface area contributed by atoms with Gasteiger partial charge >= 0.3 is 6.18 Å². The Morgan fingerprint density at radius 3 is 2.68 bits per heavy atom. The third-order valence-electron chi connectivity index (χ3n) is 3.29. The van der Waals surface area contributed by atoms with Crippen LogP contribution in [-0.2, 0) is 29.8 Å². The first-order valence-corrected chi connectivity index (χ1v) is 9.20. The average molecular weight is 391 g/mol. The standard InChI is InChI=1S/C14H12F3N3O3S2/c1-20-12(14(15,16)17)7-10(19-20)11-4-5-13(24-11)25(21,22)18-8-9-3-2-6-23-9/h2-7,18H,8H2,1H3. The summed E-state index contributed by atoms with van der Waals surface area (Å²) in [5.74, 6) is 0.444. The molecule has 3 aromatic rings. The maximum Gasteiger partial charge on any atom is 0.433 e. The van der Waals surface area contributed by atoms with Gasteiger partial charge in [-0.05, 0) is 30.3 Å². The molecule has 1 N–H and O–H groups in total. The molecule has 0 aliphatic carbocycles. The van der Waals surface area contributed by atoms with Gasteiger partial charge in [-0.2, -0.15) is 18.3 Å². The Labute approximate surface area is 144 Å². The lowest BCUT2D eigenvalue weighted by molar-refractivity contribution is -0.143. The second-order valence-corrected chi connectivity index (χ2v) is 8.14. The van der Waals surface area contributed by atoms with E-state index < -0.39 is 21.9 Å². The van der Waals surface area contributed by atoms with Gasteiger partial charge in [0.25, 0.3) is 0 Å². The summed E-state index contributed by atoms with van der Waals surface area (Å²) in [6.45, 7) is -0.0234. The third-order valence-corrected chi connectivity index (χ3v) is 6.29. The minimum absolute atomic E-state index is 0.0201. The van der Waals surface area contributed by atoms with Gasteiger partial charge in [-0.1, -0.05) is 0 Å². The van der Waals surface area contributed by atoms with Gasteiger partial charge < -0.3 is 4.42 Å². The van der Waals surface area contributed by atoms with Crippen LogP contribution in [0, 0.1) is 0 Å². The van der Waals surface area contributed by atoms with Crippen LogP contribution in [0.5, 0.6) is 0 Å². The van der Waals surface area contributed by atoms with Crippen molar-refractivity contribution in [3.63, 3.8) is 0 Å². The number of thiophene rings is 1. The van der Waals surface area contributed by atoms with Crippen LogP contribution in [0.4, 0.5) is 13.2 Å². The fourth-order valence-electron chi connectivity index (χ4n) is 2.11. The summed E-state index contributed by atoms with van der Waals surface area (Å²) in [4.78, 5) is 0.324. The topological polar surface area (TPSA) is 77.1 Å². The Morgan fingerprint density at radius 1 is 1.32 bits per heavy atom. The third kappa shape index (κ3) is 3.78. The molecular weight excluding hydrogens is 379 g/mol. The van der Waals surface area contributed by atoms with Crippen molar-refractivity contribution in [3.8, 4) is 10.6 Å². The lowest BCUT2D eigenvalue weighted by Gasteiger charge is -2.04. The van der Waals surface area contributed by atoms with Gasteiger partial charge in [0.05, 0.1) is 17.7 Å². The zero-order chi connectivity index (χ0) is 18.2. The Bertz CT molecular complexity index is 973. The lowest BCUT2D eigenvalue weighted by atomic mass is 10.3. The predicted octanol–water partition coefficient (Wildman–Crippen LogP) is 3.24. The summed E-state index contributed by atoms with van der Waals surface area (Å²) in [6.07, 6.45) is -3.11. The van der Waals surface area contributed by atoms with Gasteiger partial charge in [-0.15, -0.1) is 11.3 Å². The molecule has 0 atom stereocenters. The molecular formula is C14H12F3N3O3S2. The van der Waals surface area contributed by atoms with Crippen molar-refractivity contribution < 1.29 is 26.0 Å². The van der Waals surface area contributed by atoms with Crippen molar-refractivity contribution >= 4 is 21.4 Å². The first kappa shape index (κ1) is 17.7. The van der Waals surface area contributed by atoms with Crippen LogP contribution in [0.2, 0.25) is 0 Å². The Kier molecular flexibility index (Phi) is 4.47. The predicted molar refractivity (Wildman–Crippen MR) is 84.3 cm³/mol. The molecule has 0 radical (unpaired) electrons. The summed E-state index contributed by atoms with van der Waals surface area (Å²) in [5.41, 5.74) is -0.844. The smallest absolute Gasteiger partial charge is 0.433 e. The number of nitrogens with one attached hydrogen (secondary N) is 1. The van der Waals surface area contributed by atoms with E-state index in [-0.39, 0.29) is 16.4 Å². The molecule has 0 amide bonds. The van der Waals surface area contributed by atoms with Gasteiger partial charge in [0, 0.05) is 7.05 Å². The number of hydrogen-bond donors (Lipinski definition) is 1. The number of furan rings is 1. The molecule has 3 aromatic heterocycles. The van der Waals surface area contributed by atoms with Gasteiger partial charge in [-0.25, -0.2) is 13.1 Å². The fourth-order valence-corrected chi connectivity index (χ4v) is 4.41. The first-order chi connectivity index (χ1) is 11.7. The van der Waals surface area contributed by atoms with Crippen LogP contribution >= 0.6 is 11.3 Å². The molecule has 0 unspecified atom stereocenters. The SMILES string of the molecule is Cn1nc(-c2ccc(S(=O)(=O)NCc3ccco3)s2)cc1C(F)(F)F. The van der Waals surface area contributed by atoms with Crippen molar-refractivity contribution in [2.75, 3.05) is 0 Å². The summed E-state index contributed by atoms with van der Waals surface area (Å²) >= 11 is 0.839. The van der Waals surface area contributed by atoms with E-state index in [2.05, 4.69) is 9.82 Å². The first-order valence-electron chi connectivity index (χ1n) is 6.90. The van der Waals surface area contributed by atoms with Gasteiger partial charge in [0.2, 0.25) is 10.0 Å². The maximum atomic E-state index is 12.8. The van der Waals surface area contributed by atoms with Crippen molar-refractivity contribution in [3.05, 3.63) is 48.0 Å². The van der Waals surface area contributed by atoms with Crippen molar-refractivity contribution in [2.24, 2.45) is 7.05 Å². The Hall–Kier alpha value is -2.11. The van der Waals surface area contributed by atoms with E-state index in [1.165, 1.54) is 25.4 Å². The van der Waals surface area contributed by atoms with E-state index in [0.717, 1.165) is 22.1 Å². The largest absolute Gasteiger partial charge is 0.468 e. The summed E-state index contributed by atoms with van der Waals surface area (Å²) in [5, 5.41) is 3.81. The highest BCUT2D eigenvalue weighted by molar-refractivity contribution is 7.91. The van der Waals surface area contributed by atoms with Crippen molar-refractivity contribution in [1.29, 1.82) is 0 Å². The molecule has 25 heavy (non-hydrogen) atoms. The van der Waals surface area contributed by atoms with Crippen molar-refractivity contribution in [2.45, 2.75) is 16.9 Å². The Balaban J connectivity index is 1.82. The van der Waals surface area contributed by atoms with Crippen molar-refractivity contribution in [1.82, 2.24) is 14.5 Å². The Morgan fingerprint density at radius 2 is 2.08 bits per heavy atom. The van der Waals surface area contributed by atoms with Crippen LogP contribution < -0.4 is 4.72 Å². The van der Waals surface area contributed by atoms with Crippen LogP contribution in [0.15, 0.2) is 45.2 Å². The number of sulfonamides is 1. The molecule has 3 heterocycles. The molecule has 0 spiro atoms. The van der Waals surface area contributed by atoms with Gasteiger partial charge in [0.15, 0.2) is 0 Å². The molecule has 0 fully saturated rings. The number of aromatic nitrogens is 2. The zero-order valence-electron chi connectivity index (χ0n) is 12.7. The minimum atomic E-state index is -4.53. The van der Waals surface area contributed by atoms with E-state index in [1.54, 1.807) is 12.1 Å². The summed E-state index contributed by atoms with van der Waals surface area (Å²) in [7, 11) is -2.62. The normalized spacial score (nSPS) is 12.6. The molecule has 0 aliphatic rings. The summed E-state index contributed by atoms with van der Waals surface area (Å²) < 4.78 is 71.1. The van der Waals surface area contributed by atoms with E-state index in [9.17, 15) is 21.6 Å². The molecule has 134 valence electrons. The number of alkyl halides is 3. The zero-order valence-corrected chi connectivity index (χ0v) is 14.4. The van der Waals surface area contributed by atoms with Crippen LogP contribution in [-0.4, -0.2) is 18.2 Å². The van der Waals surface area contributed by atoms with Crippen LogP contribution in [0.3, 0.4) is 0 Å². The molecule has 0 bridgehead atoms. The molecule has 11 heteroatoms. The van der Waals surface area contributed by atoms with Gasteiger partial charge in [-0.3, -0.25) is 4.68 Å². The molecule has 0 aromatic carbocycles. The number of nitrogens with zero attached hydrogens (tertiary/aromatic N) is 2. The second-order valence-electron chi connectivity index (χ2n) is 5.06. The number of rotatable bonds is 5. The number of aryl methyl sites for hydroxylation is 1. The van der Waals surface area contributed by atoms with Crippen LogP contribution in [0.25, 0.3) is 10.6 Å². The molecule has 3 rings (SSSR count). The molecule has 6 nitrogen and oxygen atoms in total. The van der Waals surface area contributed by atoms with E-state index in [4.69, 9.17) is 4.42 Å². The lowest BCUT2D eigenvalue weighted by Crippen LogP contribution is -2.22. The number of hydrogen-bond acceptors (Lipinski definition) is 5. The van der Waals surface area contributed by atoms with E-state index >= 15 is 0 Å². The minimum Gasteiger partial charge on any atom is -0.468 e. The fraction of sp³-hybridized carbons (Fsp3) is 0.214. The highest BCUT2D eigenvalue weighted by Crippen LogP contribution is 2.35. The quantitative estimate of drug-likeness (QED) is 0.724. The highest BCUT2D eigenvalue weighted by atomic mass is 32.2. The average Bonchev–Trinajstić information content (AvgIpc) is 3.24. The summed E-state index contributed by atoms with van der Waals surface area (Å²) in [6, 6.07) is 6.89. The van der Waals surface area contributed by atoms with E-state index in [0.29, 0.717) is 10.6 Å². The van der Waals surface area contributed by atoms with Crippen LogP contribution in [0.1, 0.15) is 11.5 Å². The monoisotopic (exact) mass is 391 g/mol. The van der Waals surface area contributed by atoms with E-state index in [1.807, 2.05) is 0 Å². The maximum absolute atomic E-state index is 12.8. The molecule has 0 aliphatic heterocycles. The molecule has 0 saturated heterocycles. The number of halogens is 3. The molecule has 0 saturated carbocycles. The second kappa shape index (κ2) is 6.32. The highest BCUT2D eigenvalue weighted by Gasteiger charge is 2.35.